The van der Waals surface area contributed by atoms with Crippen LogP contribution >= 0.6 is 0 Å². The average molecular weight is 447 g/mol. The van der Waals surface area contributed by atoms with Crippen LogP contribution in [-0.2, 0) is 65.4 Å². The first kappa shape index (κ1) is 37.1. The topological polar surface area (TPSA) is 91.9 Å². The van der Waals surface area contributed by atoms with Crippen molar-refractivity contribution in [3.05, 3.63) is 23.4 Å². The molecular weight excluding hydrogens is 422 g/mol. The van der Waals surface area contributed by atoms with E-state index in [0.717, 1.165) is 5.69 Å². The smallest absolute Gasteiger partial charge is 0.0659 e. The van der Waals surface area contributed by atoms with E-state index in [2.05, 4.69) is 31.9 Å². The molecule has 0 aliphatic carbocycles. The summed E-state index contributed by atoms with van der Waals surface area (Å²) >= 11 is 0. The number of aromatic nitrogens is 3. The van der Waals surface area contributed by atoms with Gasteiger partial charge in [0.25, 0.3) is 0 Å². The van der Waals surface area contributed by atoms with E-state index in [1.807, 2.05) is 32.5 Å². The summed E-state index contributed by atoms with van der Waals surface area (Å²) in [5.41, 5.74) is 7.15. The Morgan fingerprint density at radius 3 is 1.80 bits per heavy atom. The summed E-state index contributed by atoms with van der Waals surface area (Å²) in [5, 5.41) is 16.1. The maximum Gasteiger partial charge on any atom is 0.0659 e. The zero-order valence-corrected chi connectivity index (χ0v) is 18.1. The van der Waals surface area contributed by atoms with Crippen molar-refractivity contribution >= 4 is 8.24 Å². The van der Waals surface area contributed by atoms with Gasteiger partial charge in [-0.25, -0.2) is 10.3 Å². The molecule has 0 atom stereocenters. The van der Waals surface area contributed by atoms with Gasteiger partial charge >= 0.3 is 0 Å². The molecule has 0 aliphatic heterocycles. The normalized spacial score (nSPS) is 6.80. The van der Waals surface area contributed by atoms with Crippen molar-refractivity contribution in [2.45, 2.75) is 48.3 Å². The number of nitrogens with zero attached hydrogens (tertiary/aromatic N) is 4. The van der Waals surface area contributed by atoms with Gasteiger partial charge < -0.3 is 34.3 Å². The number of aromatic amines is 1. The van der Waals surface area contributed by atoms with Crippen molar-refractivity contribution in [2.75, 3.05) is 0 Å². The van der Waals surface area contributed by atoms with Crippen LogP contribution < -0.4 is 0 Å². The molecule has 0 aromatic carbocycles. The fraction of sp³-hybridized carbons (Fsp3) is 0.636. The number of aryl methyl sites for hydroxylation is 1. The van der Waals surface area contributed by atoms with Gasteiger partial charge in [-0.2, -0.15) is 0 Å². The summed E-state index contributed by atoms with van der Waals surface area (Å²) in [6.07, 6.45) is 8.54. The molecule has 0 saturated heterocycles. The molecule has 1 aromatic heterocycles. The van der Waals surface area contributed by atoms with Crippen molar-refractivity contribution < 1.29 is 65.4 Å². The summed E-state index contributed by atoms with van der Waals surface area (Å²) < 4.78 is 0. The van der Waals surface area contributed by atoms with Crippen molar-refractivity contribution in [1.29, 1.82) is 5.53 Å². The third-order valence-electron chi connectivity index (χ3n) is 0.835. The van der Waals surface area contributed by atoms with Crippen molar-refractivity contribution in [3.8, 4) is 5.92 Å². The summed E-state index contributed by atoms with van der Waals surface area (Å²) in [6, 6.07) is 0. The van der Waals surface area contributed by atoms with Crippen LogP contribution in [0.1, 0.15) is 27.5 Å². The maximum absolute atomic E-state index is 6.35. The van der Waals surface area contributed by atoms with Crippen LogP contribution in [0.4, 0.5) is 0 Å². The molecule has 9 heteroatoms. The van der Waals surface area contributed by atoms with Gasteiger partial charge in [0.05, 0.1) is 8.24 Å². The zero-order chi connectivity index (χ0) is 13.0. The SMILES string of the molecule is C.C.C[Si](C)(C)[N-]N=N.Cc1[c-]n[nH]n1.[C-]#CC.[Y].[Y]. The van der Waals surface area contributed by atoms with Gasteiger partial charge in [0, 0.05) is 65.4 Å². The molecule has 2 radical (unpaired) electrons. The van der Waals surface area contributed by atoms with Gasteiger partial charge in [-0.05, 0) is 6.92 Å². The van der Waals surface area contributed by atoms with Gasteiger partial charge in [-0.3, -0.25) is 5.22 Å². The molecule has 1 rings (SSSR count). The van der Waals surface area contributed by atoms with Crippen LogP contribution in [0.3, 0.4) is 0 Å². The second-order valence-corrected chi connectivity index (χ2v) is 8.18. The minimum absolute atomic E-state index is 0. The molecule has 0 amide bonds. The molecule has 6 nitrogen and oxygen atoms in total. The number of H-pyrrole nitrogens is 1. The van der Waals surface area contributed by atoms with Crippen LogP contribution in [0.2, 0.25) is 19.6 Å². The van der Waals surface area contributed by atoms with Gasteiger partial charge in [0.2, 0.25) is 0 Å². The molecule has 20 heavy (non-hydrogen) atoms. The minimum Gasteiger partial charge on any atom is -0.694 e. The Kier molecular flexibility index (Phi) is 45.5. The van der Waals surface area contributed by atoms with E-state index in [9.17, 15) is 0 Å². The Hall–Kier alpha value is 0.525. The fourth-order valence-corrected chi connectivity index (χ4v) is 0.681. The third-order valence-corrected chi connectivity index (χ3v) is 1.54. The Bertz CT molecular complexity index is 306. The van der Waals surface area contributed by atoms with E-state index in [4.69, 9.17) is 12.0 Å². The molecular formula is C11H25N6SiY2-3. The van der Waals surface area contributed by atoms with Crippen LogP contribution in [0.5, 0.6) is 0 Å². The van der Waals surface area contributed by atoms with E-state index < -0.39 is 8.24 Å². The molecule has 0 bridgehead atoms. The molecule has 0 saturated carbocycles. The summed E-state index contributed by atoms with van der Waals surface area (Å²) in [5.74, 6) is 2.00. The standard InChI is InChI=1S/C3H10N3Si.C3H4N3.C3H3.2CH4.2Y/c1-7(2,3)6-5-4;1-3-2-4-6-5-3;1-3-2;;;;/h1-3H3,(H-,4,6);1H3,(H,4,5,6);1H3;2*1H4;;/q3*-1;;;;. The molecule has 0 unspecified atom stereocenters. The van der Waals surface area contributed by atoms with Crippen LogP contribution in [0, 0.1) is 31.0 Å². The predicted octanol–water partition coefficient (Wildman–Crippen LogP) is 3.92. The Morgan fingerprint density at radius 1 is 1.35 bits per heavy atom. The summed E-state index contributed by atoms with van der Waals surface area (Å²) in [6.45, 7) is 9.46. The van der Waals surface area contributed by atoms with Crippen molar-refractivity contribution in [3.63, 3.8) is 0 Å². The molecule has 0 aliphatic rings. The molecule has 1 aromatic rings. The summed E-state index contributed by atoms with van der Waals surface area (Å²) in [4.78, 5) is 0. The van der Waals surface area contributed by atoms with Crippen LogP contribution in [0.15, 0.2) is 5.22 Å². The fourth-order valence-electron chi connectivity index (χ4n) is 0.381. The van der Waals surface area contributed by atoms with Crippen LogP contribution in [-0.4, -0.2) is 23.6 Å². The van der Waals surface area contributed by atoms with Crippen molar-refractivity contribution in [1.82, 2.24) is 15.4 Å². The number of rotatable bonds is 2. The Morgan fingerprint density at radius 2 is 1.75 bits per heavy atom. The number of nitrogens with one attached hydrogen (secondary N) is 2. The van der Waals surface area contributed by atoms with E-state index >= 15 is 0 Å². The van der Waals surface area contributed by atoms with Gasteiger partial charge in [0.1, 0.15) is 0 Å². The summed E-state index contributed by atoms with van der Waals surface area (Å²) in [7, 11) is -1.39. The minimum atomic E-state index is -1.39. The third kappa shape index (κ3) is 42.8. The average Bonchev–Trinajstić information content (AvgIpc) is 2.56. The zero-order valence-electron chi connectivity index (χ0n) is 11.4. The second kappa shape index (κ2) is 24.5. The van der Waals surface area contributed by atoms with Crippen molar-refractivity contribution in [2.24, 2.45) is 5.22 Å². The maximum atomic E-state index is 6.35. The molecule has 1 heterocycles. The van der Waals surface area contributed by atoms with Crippen LogP contribution in [0.25, 0.3) is 5.09 Å². The predicted molar refractivity (Wildman–Crippen MR) is 78.1 cm³/mol. The monoisotopic (exact) mass is 447 g/mol. The second-order valence-electron chi connectivity index (χ2n) is 3.64. The van der Waals surface area contributed by atoms with E-state index in [1.54, 1.807) is 6.92 Å². The Balaban J connectivity index is -0.0000000353. The number of hydrogen-bond acceptors (Lipinski definition) is 4. The molecule has 2 N–H and O–H groups in total. The first-order valence-electron chi connectivity index (χ1n) is 4.54. The first-order valence-corrected chi connectivity index (χ1v) is 7.99. The van der Waals surface area contributed by atoms with E-state index in [0.29, 0.717) is 0 Å². The van der Waals surface area contributed by atoms with Gasteiger partial charge in [0.15, 0.2) is 0 Å². The largest absolute Gasteiger partial charge is 0.694 e. The quantitative estimate of drug-likeness (QED) is 0.237. The molecule has 0 fully saturated rings. The van der Waals surface area contributed by atoms with E-state index in [-0.39, 0.29) is 80.3 Å². The van der Waals surface area contributed by atoms with Gasteiger partial charge in [-0.15, -0.1) is 5.69 Å². The van der Waals surface area contributed by atoms with E-state index in [1.165, 1.54) is 0 Å². The molecule has 112 valence electrons. The first-order chi connectivity index (χ1) is 7.37. The number of hydrogen-bond donors (Lipinski definition) is 2. The van der Waals surface area contributed by atoms with Gasteiger partial charge in [-0.1, -0.05) is 41.4 Å². The molecule has 0 spiro atoms. The Labute approximate surface area is 175 Å².